The van der Waals surface area contributed by atoms with E-state index in [1.807, 2.05) is 19.1 Å². The first kappa shape index (κ1) is 15.2. The first-order chi connectivity index (χ1) is 10.3. The first-order valence-electron chi connectivity index (χ1n) is 6.74. The largest absolute Gasteiger partial charge is 0.438 e. The van der Waals surface area contributed by atoms with E-state index >= 15 is 0 Å². The molecule has 0 saturated heterocycles. The zero-order valence-electron chi connectivity index (χ0n) is 12.2. The number of para-hydroxylation sites is 1. The van der Waals surface area contributed by atoms with Crippen molar-refractivity contribution in [2.45, 2.75) is 20.1 Å². The molecule has 0 aliphatic rings. The lowest BCUT2D eigenvalue weighted by molar-refractivity contribution is 0.177. The fourth-order valence-electron chi connectivity index (χ4n) is 1.84. The lowest BCUT2D eigenvalue weighted by Crippen LogP contribution is -2.05. The maximum atomic E-state index is 9.33. The summed E-state index contributed by atoms with van der Waals surface area (Å²) in [4.78, 5) is 8.62. The van der Waals surface area contributed by atoms with Crippen LogP contribution in [0.15, 0.2) is 30.3 Å². The molecule has 2 N–H and O–H groups in total. The van der Waals surface area contributed by atoms with Crippen molar-refractivity contribution in [1.82, 2.24) is 9.97 Å². The number of hydrogen-bond donors (Lipinski definition) is 2. The van der Waals surface area contributed by atoms with E-state index < -0.39 is 0 Å². The van der Waals surface area contributed by atoms with Crippen molar-refractivity contribution in [1.29, 1.82) is 0 Å². The summed E-state index contributed by atoms with van der Waals surface area (Å²) in [5, 5.41) is 12.5. The minimum Gasteiger partial charge on any atom is -0.438 e. The van der Waals surface area contributed by atoms with Gasteiger partial charge >= 0.3 is 0 Å². The van der Waals surface area contributed by atoms with E-state index in [2.05, 4.69) is 15.3 Å². The Balaban J connectivity index is 2.29. The number of nitrogens with zero attached hydrogens (tertiary/aromatic N) is 2. The van der Waals surface area contributed by atoms with E-state index in [-0.39, 0.29) is 6.61 Å². The highest BCUT2D eigenvalue weighted by Crippen LogP contribution is 2.25. The molecular weight excluding hydrogens is 270 g/mol. The number of anilines is 1. The van der Waals surface area contributed by atoms with E-state index in [9.17, 15) is 5.11 Å². The van der Waals surface area contributed by atoms with Crippen LogP contribution >= 0.6 is 0 Å². The second-order valence-corrected chi connectivity index (χ2v) is 4.34. The Labute approximate surface area is 123 Å². The van der Waals surface area contributed by atoms with Gasteiger partial charge in [0.1, 0.15) is 18.2 Å². The number of aliphatic hydroxyl groups is 1. The molecule has 1 aromatic carbocycles. The predicted octanol–water partition coefficient (Wildman–Crippen LogP) is 2.34. The van der Waals surface area contributed by atoms with Crippen LogP contribution < -0.4 is 10.1 Å². The number of nitrogens with one attached hydrogen (secondary N) is 1. The molecule has 21 heavy (non-hydrogen) atoms. The second-order valence-electron chi connectivity index (χ2n) is 4.34. The summed E-state index contributed by atoms with van der Waals surface area (Å²) in [6.45, 7) is 2.94. The average molecular weight is 289 g/mol. The molecule has 0 fully saturated rings. The van der Waals surface area contributed by atoms with Crippen molar-refractivity contribution >= 4 is 5.82 Å². The Morgan fingerprint density at radius 1 is 1.24 bits per heavy atom. The molecular formula is C15H19N3O3. The van der Waals surface area contributed by atoms with Crippen molar-refractivity contribution in [3.63, 3.8) is 0 Å². The van der Waals surface area contributed by atoms with Crippen LogP contribution in [-0.2, 0) is 18.0 Å². The van der Waals surface area contributed by atoms with Crippen LogP contribution in [0.2, 0.25) is 0 Å². The minimum absolute atomic E-state index is 0.0910. The minimum atomic E-state index is -0.0910. The Kier molecular flexibility index (Phi) is 5.48. The summed E-state index contributed by atoms with van der Waals surface area (Å²) in [7, 11) is 1.59. The number of aromatic nitrogens is 2. The van der Waals surface area contributed by atoms with Crippen LogP contribution in [0.4, 0.5) is 5.82 Å². The van der Waals surface area contributed by atoms with Crippen LogP contribution in [0.25, 0.3) is 0 Å². The molecule has 0 aliphatic carbocycles. The number of aliphatic hydroxyl groups excluding tert-OH is 1. The highest BCUT2D eigenvalue weighted by atomic mass is 16.5. The van der Waals surface area contributed by atoms with Crippen molar-refractivity contribution < 1.29 is 14.6 Å². The number of benzene rings is 1. The SMILES string of the molecule is CCNc1cc(Oc2ccccc2CO)nc(COC)n1. The summed E-state index contributed by atoms with van der Waals surface area (Å²) in [5.74, 6) is 2.20. The molecule has 6 heteroatoms. The highest BCUT2D eigenvalue weighted by Gasteiger charge is 2.08. The molecule has 0 radical (unpaired) electrons. The molecule has 6 nitrogen and oxygen atoms in total. The molecule has 0 atom stereocenters. The van der Waals surface area contributed by atoms with Crippen molar-refractivity contribution in [2.75, 3.05) is 19.0 Å². The van der Waals surface area contributed by atoms with Gasteiger partial charge in [0.2, 0.25) is 5.88 Å². The first-order valence-corrected chi connectivity index (χ1v) is 6.74. The maximum absolute atomic E-state index is 9.33. The second kappa shape index (κ2) is 7.56. The fraction of sp³-hybridized carbons (Fsp3) is 0.333. The van der Waals surface area contributed by atoms with Gasteiger partial charge in [-0.1, -0.05) is 18.2 Å². The molecule has 0 spiro atoms. The summed E-state index contributed by atoms with van der Waals surface area (Å²) in [5.41, 5.74) is 0.703. The summed E-state index contributed by atoms with van der Waals surface area (Å²) in [6.07, 6.45) is 0. The van der Waals surface area contributed by atoms with Crippen LogP contribution in [0.1, 0.15) is 18.3 Å². The Morgan fingerprint density at radius 3 is 2.76 bits per heavy atom. The van der Waals surface area contributed by atoms with Crippen molar-refractivity contribution in [3.8, 4) is 11.6 Å². The Bertz CT molecular complexity index is 566. The summed E-state index contributed by atoms with van der Waals surface area (Å²) < 4.78 is 10.8. The van der Waals surface area contributed by atoms with Gasteiger partial charge in [-0.15, -0.1) is 0 Å². The molecule has 0 unspecified atom stereocenters. The van der Waals surface area contributed by atoms with Gasteiger partial charge in [0.15, 0.2) is 5.82 Å². The van der Waals surface area contributed by atoms with E-state index in [1.54, 1.807) is 25.3 Å². The van der Waals surface area contributed by atoms with Crippen molar-refractivity contribution in [2.24, 2.45) is 0 Å². The van der Waals surface area contributed by atoms with Gasteiger partial charge in [-0.05, 0) is 13.0 Å². The normalized spacial score (nSPS) is 10.4. The lowest BCUT2D eigenvalue weighted by Gasteiger charge is -2.11. The summed E-state index contributed by atoms with van der Waals surface area (Å²) >= 11 is 0. The molecule has 112 valence electrons. The van der Waals surface area contributed by atoms with Gasteiger partial charge in [-0.2, -0.15) is 4.98 Å². The molecule has 0 bridgehead atoms. The predicted molar refractivity (Wildman–Crippen MR) is 79.3 cm³/mol. The summed E-state index contributed by atoms with van der Waals surface area (Å²) in [6, 6.07) is 9.00. The molecule has 1 aromatic heterocycles. The van der Waals surface area contributed by atoms with Gasteiger partial charge in [-0.3, -0.25) is 0 Å². The molecule has 0 aliphatic heterocycles. The van der Waals surface area contributed by atoms with Gasteiger partial charge in [0.25, 0.3) is 0 Å². The fourth-order valence-corrected chi connectivity index (χ4v) is 1.84. The highest BCUT2D eigenvalue weighted by molar-refractivity contribution is 5.41. The van der Waals surface area contributed by atoms with Crippen LogP contribution in [0, 0.1) is 0 Å². The van der Waals surface area contributed by atoms with E-state index in [0.29, 0.717) is 35.4 Å². The van der Waals surface area contributed by atoms with Gasteiger partial charge in [0, 0.05) is 25.3 Å². The number of ether oxygens (including phenoxy) is 2. The van der Waals surface area contributed by atoms with Crippen molar-refractivity contribution in [3.05, 3.63) is 41.7 Å². The van der Waals surface area contributed by atoms with Crippen LogP contribution in [-0.4, -0.2) is 28.7 Å². The van der Waals surface area contributed by atoms with Gasteiger partial charge < -0.3 is 19.9 Å². The molecule has 1 heterocycles. The lowest BCUT2D eigenvalue weighted by atomic mass is 10.2. The third-order valence-corrected chi connectivity index (χ3v) is 2.74. The van der Waals surface area contributed by atoms with E-state index in [1.165, 1.54) is 0 Å². The standard InChI is InChI=1S/C15H19N3O3/c1-3-16-13-8-15(18-14(17-13)10-20-2)21-12-7-5-4-6-11(12)9-19/h4-8,19H,3,9-10H2,1-2H3,(H,16,17,18). The van der Waals surface area contributed by atoms with Gasteiger partial charge in [-0.25, -0.2) is 4.98 Å². The van der Waals surface area contributed by atoms with Gasteiger partial charge in [0.05, 0.1) is 6.61 Å². The molecule has 2 aromatic rings. The van der Waals surface area contributed by atoms with E-state index in [4.69, 9.17) is 9.47 Å². The zero-order chi connectivity index (χ0) is 15.1. The average Bonchev–Trinajstić information content (AvgIpc) is 2.48. The quantitative estimate of drug-likeness (QED) is 0.814. The molecule has 0 amide bonds. The molecule has 0 saturated carbocycles. The smallest absolute Gasteiger partial charge is 0.224 e. The molecule has 2 rings (SSSR count). The Morgan fingerprint density at radius 2 is 2.05 bits per heavy atom. The monoisotopic (exact) mass is 289 g/mol. The maximum Gasteiger partial charge on any atom is 0.224 e. The number of methoxy groups -OCH3 is 1. The number of hydrogen-bond acceptors (Lipinski definition) is 6. The topological polar surface area (TPSA) is 76.5 Å². The third-order valence-electron chi connectivity index (χ3n) is 2.74. The zero-order valence-corrected chi connectivity index (χ0v) is 12.2. The Hall–Kier alpha value is -2.18. The number of rotatable bonds is 7. The third kappa shape index (κ3) is 4.14. The van der Waals surface area contributed by atoms with E-state index in [0.717, 1.165) is 6.54 Å². The van der Waals surface area contributed by atoms with Crippen LogP contribution in [0.5, 0.6) is 11.6 Å². The van der Waals surface area contributed by atoms with Crippen LogP contribution in [0.3, 0.4) is 0 Å².